The van der Waals surface area contributed by atoms with E-state index in [1.165, 1.54) is 22.5 Å². The highest BCUT2D eigenvalue weighted by Crippen LogP contribution is 2.27. The number of phenols is 1. The zero-order valence-electron chi connectivity index (χ0n) is 9.47. The van der Waals surface area contributed by atoms with E-state index in [2.05, 4.69) is 4.72 Å². The van der Waals surface area contributed by atoms with Crippen LogP contribution in [0.25, 0.3) is 0 Å². The first-order valence-corrected chi connectivity index (χ1v) is 7.15. The topological polar surface area (TPSA) is 78.9 Å². The molecule has 0 unspecified atom stereocenters. The average molecular weight is 293 g/mol. The standard InChI is InChI=1S/C10H13ClN2O4S/c11-9-7-8(14)1-2-10(9)12-18(15,16)13-3-5-17-6-4-13/h1-2,7,12,14H,3-6H2. The van der Waals surface area contributed by atoms with Crippen molar-refractivity contribution in [2.24, 2.45) is 0 Å². The highest BCUT2D eigenvalue weighted by molar-refractivity contribution is 7.90. The van der Waals surface area contributed by atoms with Crippen LogP contribution in [0.4, 0.5) is 5.69 Å². The predicted molar refractivity (Wildman–Crippen MR) is 68.1 cm³/mol. The third kappa shape index (κ3) is 3.05. The first-order chi connectivity index (χ1) is 8.49. The second kappa shape index (κ2) is 5.31. The van der Waals surface area contributed by atoms with Gasteiger partial charge < -0.3 is 9.84 Å². The molecule has 0 amide bonds. The fourth-order valence-electron chi connectivity index (χ4n) is 1.58. The highest BCUT2D eigenvalue weighted by Gasteiger charge is 2.24. The third-order valence-corrected chi connectivity index (χ3v) is 4.34. The molecule has 0 saturated carbocycles. The van der Waals surface area contributed by atoms with E-state index in [-0.39, 0.29) is 16.5 Å². The number of nitrogens with one attached hydrogen (secondary N) is 1. The van der Waals surface area contributed by atoms with Crippen LogP contribution in [0.2, 0.25) is 5.02 Å². The van der Waals surface area contributed by atoms with Crippen molar-refractivity contribution < 1.29 is 18.3 Å². The fraction of sp³-hybridized carbons (Fsp3) is 0.400. The van der Waals surface area contributed by atoms with Crippen LogP contribution in [0.3, 0.4) is 0 Å². The zero-order chi connectivity index (χ0) is 13.2. The first kappa shape index (κ1) is 13.4. The SMILES string of the molecule is O=S(=O)(Nc1ccc(O)cc1Cl)N1CCOCC1. The zero-order valence-corrected chi connectivity index (χ0v) is 11.0. The molecule has 0 radical (unpaired) electrons. The molecule has 1 aromatic rings. The summed E-state index contributed by atoms with van der Waals surface area (Å²) in [6.45, 7) is 1.38. The largest absolute Gasteiger partial charge is 0.508 e. The fourth-order valence-corrected chi connectivity index (χ4v) is 3.07. The summed E-state index contributed by atoms with van der Waals surface area (Å²) in [5.74, 6) is -0.0191. The molecular weight excluding hydrogens is 280 g/mol. The molecule has 1 saturated heterocycles. The van der Waals surface area contributed by atoms with Gasteiger partial charge in [-0.25, -0.2) is 0 Å². The molecule has 1 aliphatic heterocycles. The molecule has 0 bridgehead atoms. The summed E-state index contributed by atoms with van der Waals surface area (Å²) in [4.78, 5) is 0. The van der Waals surface area contributed by atoms with Gasteiger partial charge in [0.1, 0.15) is 5.75 Å². The Morgan fingerprint density at radius 3 is 2.61 bits per heavy atom. The lowest BCUT2D eigenvalue weighted by molar-refractivity contribution is 0.0733. The maximum absolute atomic E-state index is 12.0. The van der Waals surface area contributed by atoms with Crippen molar-refractivity contribution in [3.8, 4) is 5.75 Å². The van der Waals surface area contributed by atoms with Crippen LogP contribution < -0.4 is 4.72 Å². The number of benzene rings is 1. The first-order valence-electron chi connectivity index (χ1n) is 5.33. The summed E-state index contributed by atoms with van der Waals surface area (Å²) < 4.78 is 32.8. The molecule has 2 N–H and O–H groups in total. The summed E-state index contributed by atoms with van der Waals surface area (Å²) in [5, 5.41) is 9.34. The van der Waals surface area contributed by atoms with Crippen LogP contribution in [-0.2, 0) is 14.9 Å². The van der Waals surface area contributed by atoms with Crippen molar-refractivity contribution in [3.63, 3.8) is 0 Å². The summed E-state index contributed by atoms with van der Waals surface area (Å²) in [5.41, 5.74) is 0.237. The van der Waals surface area contributed by atoms with Gasteiger partial charge in [0.05, 0.1) is 23.9 Å². The second-order valence-electron chi connectivity index (χ2n) is 3.78. The Morgan fingerprint density at radius 2 is 2.00 bits per heavy atom. The van der Waals surface area contributed by atoms with Crippen LogP contribution in [0.1, 0.15) is 0 Å². The van der Waals surface area contributed by atoms with Crippen LogP contribution in [0.5, 0.6) is 5.75 Å². The van der Waals surface area contributed by atoms with Gasteiger partial charge in [-0.2, -0.15) is 12.7 Å². The van der Waals surface area contributed by atoms with E-state index in [0.29, 0.717) is 26.3 Å². The van der Waals surface area contributed by atoms with Gasteiger partial charge in [-0.1, -0.05) is 11.6 Å². The Labute approximate surface area is 110 Å². The molecule has 0 aromatic heterocycles. The molecule has 2 rings (SSSR count). The number of phenolic OH excluding ortho intramolecular Hbond substituents is 1. The number of morpholine rings is 1. The highest BCUT2D eigenvalue weighted by atomic mass is 35.5. The van der Waals surface area contributed by atoms with Crippen LogP contribution >= 0.6 is 11.6 Å². The number of halogens is 1. The van der Waals surface area contributed by atoms with Crippen LogP contribution in [0.15, 0.2) is 18.2 Å². The van der Waals surface area contributed by atoms with E-state index >= 15 is 0 Å². The average Bonchev–Trinajstić information content (AvgIpc) is 2.34. The van der Waals surface area contributed by atoms with Crippen molar-refractivity contribution in [3.05, 3.63) is 23.2 Å². The van der Waals surface area contributed by atoms with Gasteiger partial charge in [0, 0.05) is 19.2 Å². The molecule has 1 aliphatic rings. The maximum Gasteiger partial charge on any atom is 0.301 e. The third-order valence-electron chi connectivity index (χ3n) is 2.50. The van der Waals surface area contributed by atoms with Crippen molar-refractivity contribution in [1.29, 1.82) is 0 Å². The lowest BCUT2D eigenvalue weighted by atomic mass is 10.3. The molecule has 1 heterocycles. The van der Waals surface area contributed by atoms with Gasteiger partial charge in [-0.3, -0.25) is 4.72 Å². The Morgan fingerprint density at radius 1 is 1.33 bits per heavy atom. The van der Waals surface area contributed by atoms with E-state index in [4.69, 9.17) is 16.3 Å². The lowest BCUT2D eigenvalue weighted by Gasteiger charge is -2.26. The number of anilines is 1. The molecule has 6 nitrogen and oxygen atoms in total. The van der Waals surface area contributed by atoms with E-state index < -0.39 is 10.2 Å². The quantitative estimate of drug-likeness (QED) is 0.816. The van der Waals surface area contributed by atoms with E-state index in [1.54, 1.807) is 0 Å². The number of nitrogens with zero attached hydrogens (tertiary/aromatic N) is 1. The summed E-state index contributed by atoms with van der Waals surface area (Å²) in [6, 6.07) is 4.05. The monoisotopic (exact) mass is 292 g/mol. The maximum atomic E-state index is 12.0. The van der Waals surface area contributed by atoms with Gasteiger partial charge in [-0.15, -0.1) is 0 Å². The molecule has 18 heavy (non-hydrogen) atoms. The number of rotatable bonds is 3. The molecular formula is C10H13ClN2O4S. The Balaban J connectivity index is 2.16. The molecule has 8 heteroatoms. The Kier molecular flexibility index (Phi) is 3.96. The molecule has 0 spiro atoms. The van der Waals surface area contributed by atoms with Gasteiger partial charge in [0.15, 0.2) is 0 Å². The number of hydrogen-bond donors (Lipinski definition) is 2. The lowest BCUT2D eigenvalue weighted by Crippen LogP contribution is -2.43. The Hall–Kier alpha value is -1.02. The Bertz CT molecular complexity index is 529. The number of ether oxygens (including phenoxy) is 1. The minimum Gasteiger partial charge on any atom is -0.508 e. The minimum atomic E-state index is -3.63. The van der Waals surface area contributed by atoms with E-state index in [9.17, 15) is 13.5 Å². The van der Waals surface area contributed by atoms with Gasteiger partial charge >= 0.3 is 10.2 Å². The van der Waals surface area contributed by atoms with Gasteiger partial charge in [0.2, 0.25) is 0 Å². The molecule has 0 atom stereocenters. The molecule has 1 fully saturated rings. The predicted octanol–water partition coefficient (Wildman–Crippen LogP) is 1.03. The minimum absolute atomic E-state index is 0.0191. The smallest absolute Gasteiger partial charge is 0.301 e. The molecule has 0 aliphatic carbocycles. The van der Waals surface area contributed by atoms with Crippen molar-refractivity contribution in [1.82, 2.24) is 4.31 Å². The number of hydrogen-bond acceptors (Lipinski definition) is 4. The molecule has 100 valence electrons. The van der Waals surface area contributed by atoms with Crippen LogP contribution in [-0.4, -0.2) is 44.1 Å². The van der Waals surface area contributed by atoms with Gasteiger partial charge in [-0.05, 0) is 12.1 Å². The summed E-state index contributed by atoms with van der Waals surface area (Å²) in [6.07, 6.45) is 0. The van der Waals surface area contributed by atoms with Crippen molar-refractivity contribution in [2.45, 2.75) is 0 Å². The van der Waals surface area contributed by atoms with Gasteiger partial charge in [0.25, 0.3) is 0 Å². The molecule has 1 aromatic carbocycles. The number of aromatic hydroxyl groups is 1. The second-order valence-corrected chi connectivity index (χ2v) is 5.86. The van der Waals surface area contributed by atoms with E-state index in [1.807, 2.05) is 0 Å². The summed E-state index contributed by atoms with van der Waals surface area (Å²) >= 11 is 5.84. The van der Waals surface area contributed by atoms with Crippen LogP contribution in [0, 0.1) is 0 Å². The summed E-state index contributed by atoms with van der Waals surface area (Å²) in [7, 11) is -3.63. The normalized spacial score (nSPS) is 17.6. The van der Waals surface area contributed by atoms with Crippen molar-refractivity contribution in [2.75, 3.05) is 31.0 Å². The van der Waals surface area contributed by atoms with Crippen molar-refractivity contribution >= 4 is 27.5 Å². The van der Waals surface area contributed by atoms with E-state index in [0.717, 1.165) is 0 Å².